The molecular weight excluding hydrogens is 428 g/mol. The monoisotopic (exact) mass is 462 g/mol. The summed E-state index contributed by atoms with van der Waals surface area (Å²) in [6.07, 6.45) is 0.732. The fourth-order valence-electron chi connectivity index (χ4n) is 3.29. The normalized spacial score (nSPS) is 17.5. The van der Waals surface area contributed by atoms with Crippen molar-refractivity contribution in [1.82, 2.24) is 19.6 Å². The van der Waals surface area contributed by atoms with E-state index in [1.807, 2.05) is 0 Å². The lowest BCUT2D eigenvalue weighted by molar-refractivity contribution is -0.150. The predicted octanol–water partition coefficient (Wildman–Crippen LogP) is -1.53. The number of carboxylic acid groups (broad SMARTS) is 3. The molecule has 184 valence electrons. The van der Waals surface area contributed by atoms with Gasteiger partial charge in [-0.15, -0.1) is 0 Å². The number of aliphatic hydroxyl groups is 1. The summed E-state index contributed by atoms with van der Waals surface area (Å²) in [5, 5.41) is 35.0. The number of aldehydes is 1. The third-order valence-electron chi connectivity index (χ3n) is 4.65. The van der Waals surface area contributed by atoms with Crippen molar-refractivity contribution >= 4 is 30.0 Å². The van der Waals surface area contributed by atoms with E-state index in [4.69, 9.17) is 10.2 Å². The van der Waals surface area contributed by atoms with Crippen LogP contribution in [-0.4, -0.2) is 129 Å². The van der Waals surface area contributed by atoms with Gasteiger partial charge < -0.3 is 25.2 Å². The van der Waals surface area contributed by atoms with Gasteiger partial charge in [0.05, 0.1) is 46.3 Å². The van der Waals surface area contributed by atoms with Crippen molar-refractivity contribution in [2.75, 3.05) is 53.4 Å². The van der Waals surface area contributed by atoms with Gasteiger partial charge in [0, 0.05) is 19.4 Å². The Morgan fingerprint density at radius 2 is 1.31 bits per heavy atom. The van der Waals surface area contributed by atoms with Crippen molar-refractivity contribution < 1.29 is 44.4 Å². The lowest BCUT2D eigenvalue weighted by Crippen LogP contribution is -2.59. The van der Waals surface area contributed by atoms with E-state index in [0.717, 1.165) is 7.11 Å². The largest absolute Gasteiger partial charge is 0.480 e. The van der Waals surface area contributed by atoms with E-state index in [-0.39, 0.29) is 64.3 Å². The summed E-state index contributed by atoms with van der Waals surface area (Å²) in [6, 6.07) is -1.07. The Balaban J connectivity index is 0.00000466. The quantitative estimate of drug-likeness (QED) is 0.246. The summed E-state index contributed by atoms with van der Waals surface area (Å²) in [6.45, 7) is 2.54. The van der Waals surface area contributed by atoms with Crippen molar-refractivity contribution in [3.63, 3.8) is 0 Å². The molecule has 0 radical (unpaired) electrons. The van der Waals surface area contributed by atoms with Gasteiger partial charge in [0.1, 0.15) is 18.1 Å². The number of aliphatic carboxylic acids is 3. The van der Waals surface area contributed by atoms with Crippen molar-refractivity contribution in [2.45, 2.75) is 32.7 Å². The Kier molecular flexibility index (Phi) is 14.2. The fraction of sp³-hybridized carbons (Fsp3) is 0.737. The first-order chi connectivity index (χ1) is 15.0. The number of carbonyl (C=O) groups excluding carboxylic acids is 2. The molecule has 0 aromatic carbocycles. The highest BCUT2D eigenvalue weighted by molar-refractivity contribution is 5.81. The SMILES string of the molecule is CC(C)C(=O)CCC(C(=O)O)N1CN(CC=O)CN(CC(=O)O)CN(CC(=O)O)C1.CO. The summed E-state index contributed by atoms with van der Waals surface area (Å²) in [5.74, 6) is -3.71. The van der Waals surface area contributed by atoms with Gasteiger partial charge in [-0.3, -0.25) is 38.8 Å². The minimum absolute atomic E-state index is 0.00217. The Bertz CT molecular complexity index is 644. The molecule has 1 unspecified atom stereocenters. The van der Waals surface area contributed by atoms with Gasteiger partial charge >= 0.3 is 17.9 Å². The highest BCUT2D eigenvalue weighted by Gasteiger charge is 2.32. The summed E-state index contributed by atoms with van der Waals surface area (Å²) < 4.78 is 0. The second kappa shape index (κ2) is 15.4. The van der Waals surface area contributed by atoms with Crippen LogP contribution in [0.15, 0.2) is 0 Å². The summed E-state index contributed by atoms with van der Waals surface area (Å²) >= 11 is 0. The van der Waals surface area contributed by atoms with Crippen LogP contribution in [0.3, 0.4) is 0 Å². The Morgan fingerprint density at radius 1 is 0.844 bits per heavy atom. The van der Waals surface area contributed by atoms with Crippen molar-refractivity contribution in [2.24, 2.45) is 5.92 Å². The molecule has 1 saturated heterocycles. The molecule has 13 nitrogen and oxygen atoms in total. The van der Waals surface area contributed by atoms with Gasteiger partial charge in [-0.2, -0.15) is 0 Å². The number of Topliss-reactive ketones (excluding diaryl/α,β-unsaturated/α-hetero) is 1. The van der Waals surface area contributed by atoms with Gasteiger partial charge in [0.25, 0.3) is 0 Å². The summed E-state index contributed by atoms with van der Waals surface area (Å²) in [4.78, 5) is 63.3. The first kappa shape index (κ1) is 29.5. The maximum absolute atomic E-state index is 12.0. The summed E-state index contributed by atoms with van der Waals surface area (Å²) in [5.41, 5.74) is 0. The minimum Gasteiger partial charge on any atom is -0.480 e. The van der Waals surface area contributed by atoms with Gasteiger partial charge in [-0.1, -0.05) is 13.8 Å². The number of hydrogen-bond acceptors (Lipinski definition) is 10. The topological polar surface area (TPSA) is 179 Å². The molecular formula is C19H34N4O9. The molecule has 0 aromatic heterocycles. The maximum atomic E-state index is 12.0. The molecule has 1 atom stereocenters. The maximum Gasteiger partial charge on any atom is 0.321 e. The van der Waals surface area contributed by atoms with E-state index in [2.05, 4.69) is 0 Å². The number of aliphatic hydroxyl groups excluding tert-OH is 1. The Morgan fingerprint density at radius 3 is 1.75 bits per heavy atom. The Labute approximate surface area is 186 Å². The van der Waals surface area contributed by atoms with Gasteiger partial charge in [-0.25, -0.2) is 0 Å². The molecule has 0 aliphatic carbocycles. The highest BCUT2D eigenvalue weighted by atomic mass is 16.4. The van der Waals surface area contributed by atoms with Gasteiger partial charge in [0.15, 0.2) is 0 Å². The summed E-state index contributed by atoms with van der Waals surface area (Å²) in [7, 11) is 1.00. The average molecular weight is 463 g/mol. The van der Waals surface area contributed by atoms with Crippen molar-refractivity contribution in [3.8, 4) is 0 Å². The number of carboxylic acids is 3. The molecule has 0 spiro atoms. The second-order valence-corrected chi connectivity index (χ2v) is 7.63. The van der Waals surface area contributed by atoms with Crippen LogP contribution in [0, 0.1) is 5.92 Å². The molecule has 1 fully saturated rings. The first-order valence-corrected chi connectivity index (χ1v) is 10.0. The van der Waals surface area contributed by atoms with E-state index in [1.54, 1.807) is 18.7 Å². The van der Waals surface area contributed by atoms with E-state index >= 15 is 0 Å². The smallest absolute Gasteiger partial charge is 0.321 e. The van der Waals surface area contributed by atoms with Crippen LogP contribution in [0.25, 0.3) is 0 Å². The molecule has 0 amide bonds. The Hall–Kier alpha value is -2.45. The standard InChI is InChI=1S/C18H30N4O8.CH4O/c1-13(2)15(24)4-3-14(18(29)30)22-11-19(5-6-23)9-20(7-16(25)26)10-21(12-22)8-17(27)28;1-2/h6,13-14H,3-5,7-12H2,1-2H3,(H,25,26)(H,27,28)(H,29,30);2H,1H3. The zero-order chi connectivity index (χ0) is 24.8. The second-order valence-electron chi connectivity index (χ2n) is 7.63. The van der Waals surface area contributed by atoms with Crippen LogP contribution in [-0.2, 0) is 24.0 Å². The minimum atomic E-state index is -1.16. The molecule has 1 aliphatic heterocycles. The van der Waals surface area contributed by atoms with E-state index in [0.29, 0.717) is 6.29 Å². The van der Waals surface area contributed by atoms with Crippen molar-refractivity contribution in [1.29, 1.82) is 0 Å². The van der Waals surface area contributed by atoms with Crippen LogP contribution in [0.1, 0.15) is 26.7 Å². The fourth-order valence-corrected chi connectivity index (χ4v) is 3.29. The third kappa shape index (κ3) is 11.2. The molecule has 0 saturated carbocycles. The number of rotatable bonds is 12. The van der Waals surface area contributed by atoms with E-state index in [9.17, 15) is 34.2 Å². The zero-order valence-electron chi connectivity index (χ0n) is 18.7. The first-order valence-electron chi connectivity index (χ1n) is 10.0. The molecule has 0 aromatic rings. The van der Waals surface area contributed by atoms with Crippen LogP contribution in [0.4, 0.5) is 0 Å². The van der Waals surface area contributed by atoms with Crippen molar-refractivity contribution in [3.05, 3.63) is 0 Å². The molecule has 1 heterocycles. The molecule has 1 aliphatic rings. The predicted molar refractivity (Wildman–Crippen MR) is 111 cm³/mol. The number of hydrogen-bond donors (Lipinski definition) is 4. The van der Waals surface area contributed by atoms with E-state index < -0.39 is 30.5 Å². The van der Waals surface area contributed by atoms with Crippen LogP contribution in [0.5, 0.6) is 0 Å². The molecule has 1 rings (SSSR count). The molecule has 4 N–H and O–H groups in total. The average Bonchev–Trinajstić information content (AvgIpc) is 2.66. The number of carbonyl (C=O) groups is 5. The van der Waals surface area contributed by atoms with E-state index in [1.165, 1.54) is 14.7 Å². The number of nitrogens with zero attached hydrogens (tertiary/aromatic N) is 4. The molecule has 0 bridgehead atoms. The highest BCUT2D eigenvalue weighted by Crippen LogP contribution is 2.15. The lowest BCUT2D eigenvalue weighted by Gasteiger charge is -2.42. The third-order valence-corrected chi connectivity index (χ3v) is 4.65. The van der Waals surface area contributed by atoms with Gasteiger partial charge in [0.2, 0.25) is 0 Å². The molecule has 32 heavy (non-hydrogen) atoms. The van der Waals surface area contributed by atoms with Gasteiger partial charge in [-0.05, 0) is 6.42 Å². The van der Waals surface area contributed by atoms with Crippen LogP contribution < -0.4 is 0 Å². The van der Waals surface area contributed by atoms with Crippen LogP contribution in [0.2, 0.25) is 0 Å². The zero-order valence-corrected chi connectivity index (χ0v) is 18.7. The number of ketones is 1. The lowest BCUT2D eigenvalue weighted by atomic mass is 10.0. The molecule has 13 heteroatoms. The van der Waals surface area contributed by atoms with Crippen LogP contribution >= 0.6 is 0 Å².